The molecule has 1 aliphatic carbocycles. The number of hydrogen-bond acceptors (Lipinski definition) is 5. The lowest BCUT2D eigenvalue weighted by atomic mass is 9.94. The lowest BCUT2D eigenvalue weighted by molar-refractivity contribution is -0.0385. The number of aliphatic hydroxyl groups is 1. The number of nitrogens with zero attached hydrogens (tertiary/aromatic N) is 4. The van der Waals surface area contributed by atoms with Gasteiger partial charge in [0.15, 0.2) is 0 Å². The first kappa shape index (κ1) is 16.2. The molecule has 0 unspecified atom stereocenters. The zero-order chi connectivity index (χ0) is 17.2. The molecule has 1 aliphatic heterocycles. The van der Waals surface area contributed by atoms with Gasteiger partial charge in [-0.1, -0.05) is 6.42 Å². The molecule has 2 aromatic heterocycles. The molecule has 1 saturated heterocycles. The maximum atomic E-state index is 13.1. The van der Waals surface area contributed by atoms with Crippen LogP contribution in [0.4, 0.5) is 0 Å². The van der Waals surface area contributed by atoms with Gasteiger partial charge in [0, 0.05) is 31.1 Å². The minimum absolute atomic E-state index is 0.0820. The van der Waals surface area contributed by atoms with Gasteiger partial charge in [-0.25, -0.2) is 4.68 Å². The quantitative estimate of drug-likeness (QED) is 0.908. The highest BCUT2D eigenvalue weighted by molar-refractivity contribution is 5.93. The van der Waals surface area contributed by atoms with Crippen LogP contribution in [0.15, 0.2) is 36.8 Å². The van der Waals surface area contributed by atoms with Gasteiger partial charge in [-0.05, 0) is 31.0 Å². The fourth-order valence-electron chi connectivity index (χ4n) is 3.90. The lowest BCUT2D eigenvalue weighted by Gasteiger charge is -2.39. The summed E-state index contributed by atoms with van der Waals surface area (Å²) in [6, 6.07) is 5.32. The van der Waals surface area contributed by atoms with E-state index in [1.54, 1.807) is 23.1 Å². The SMILES string of the molecule is O=C(c1cc(-n2cccn2)ccn1)N1CCOC[C@@H]1[C@H]1CCC[C@@H]1O. The minimum atomic E-state index is -0.356. The predicted molar refractivity (Wildman–Crippen MR) is 90.4 cm³/mol. The average Bonchev–Trinajstić information content (AvgIpc) is 3.33. The Labute approximate surface area is 146 Å². The van der Waals surface area contributed by atoms with Gasteiger partial charge < -0.3 is 14.7 Å². The Kier molecular flexibility index (Phi) is 4.50. The maximum Gasteiger partial charge on any atom is 0.272 e. The zero-order valence-electron chi connectivity index (χ0n) is 14.0. The van der Waals surface area contributed by atoms with Crippen molar-refractivity contribution in [2.24, 2.45) is 5.92 Å². The maximum absolute atomic E-state index is 13.1. The Morgan fingerprint density at radius 2 is 2.24 bits per heavy atom. The van der Waals surface area contributed by atoms with Gasteiger partial charge >= 0.3 is 0 Å². The van der Waals surface area contributed by atoms with Gasteiger partial charge in [-0.3, -0.25) is 9.78 Å². The highest BCUT2D eigenvalue weighted by atomic mass is 16.5. The van der Waals surface area contributed by atoms with Gasteiger partial charge in [0.2, 0.25) is 0 Å². The first-order chi connectivity index (χ1) is 12.2. The van der Waals surface area contributed by atoms with Gasteiger partial charge in [0.05, 0.1) is 31.0 Å². The molecule has 132 valence electrons. The van der Waals surface area contributed by atoms with Crippen molar-refractivity contribution in [2.75, 3.05) is 19.8 Å². The molecule has 7 nitrogen and oxygen atoms in total. The van der Waals surface area contributed by atoms with Crippen LogP contribution in [0.3, 0.4) is 0 Å². The molecule has 1 N–H and O–H groups in total. The van der Waals surface area contributed by atoms with Crippen molar-refractivity contribution in [3.63, 3.8) is 0 Å². The van der Waals surface area contributed by atoms with E-state index in [0.29, 0.717) is 25.5 Å². The third kappa shape index (κ3) is 3.17. The Morgan fingerprint density at radius 1 is 1.32 bits per heavy atom. The number of pyridine rings is 1. The molecule has 0 radical (unpaired) electrons. The van der Waals surface area contributed by atoms with Crippen molar-refractivity contribution in [2.45, 2.75) is 31.4 Å². The number of morpholine rings is 1. The highest BCUT2D eigenvalue weighted by Gasteiger charge is 2.40. The molecule has 1 amide bonds. The van der Waals surface area contributed by atoms with Gasteiger partial charge in [0.25, 0.3) is 5.91 Å². The van der Waals surface area contributed by atoms with Crippen molar-refractivity contribution in [3.05, 3.63) is 42.5 Å². The Bertz CT molecular complexity index is 734. The monoisotopic (exact) mass is 342 g/mol. The van der Waals surface area contributed by atoms with Crippen LogP contribution < -0.4 is 0 Å². The van der Waals surface area contributed by atoms with E-state index in [-0.39, 0.29) is 24.0 Å². The van der Waals surface area contributed by atoms with Crippen molar-refractivity contribution in [1.29, 1.82) is 0 Å². The van der Waals surface area contributed by atoms with Crippen LogP contribution in [0.25, 0.3) is 5.69 Å². The van der Waals surface area contributed by atoms with Crippen molar-refractivity contribution >= 4 is 5.91 Å². The standard InChI is InChI=1S/C18H22N4O3/c23-17-4-1-3-14(17)16-12-25-10-9-21(16)18(24)15-11-13(5-7-19-15)22-8-2-6-20-22/h2,5-8,11,14,16-17,23H,1,3-4,9-10,12H2/t14-,16-,17+/m1/s1. The van der Waals surface area contributed by atoms with Crippen molar-refractivity contribution < 1.29 is 14.6 Å². The van der Waals surface area contributed by atoms with Crippen LogP contribution in [0, 0.1) is 5.92 Å². The Balaban J connectivity index is 1.59. The lowest BCUT2D eigenvalue weighted by Crippen LogP contribution is -2.53. The summed E-state index contributed by atoms with van der Waals surface area (Å²) in [5.74, 6) is -0.0278. The summed E-state index contributed by atoms with van der Waals surface area (Å²) in [5, 5.41) is 14.5. The fraction of sp³-hybridized carbons (Fsp3) is 0.500. The first-order valence-corrected chi connectivity index (χ1v) is 8.77. The van der Waals surface area contributed by atoms with Crippen LogP contribution in [-0.2, 0) is 4.74 Å². The average molecular weight is 342 g/mol. The molecule has 2 fully saturated rings. The third-order valence-corrected chi connectivity index (χ3v) is 5.18. The summed E-state index contributed by atoms with van der Waals surface area (Å²) in [4.78, 5) is 19.2. The second-order valence-electron chi connectivity index (χ2n) is 6.65. The van der Waals surface area contributed by atoms with E-state index in [2.05, 4.69) is 10.1 Å². The van der Waals surface area contributed by atoms with Crippen molar-refractivity contribution in [1.82, 2.24) is 19.7 Å². The summed E-state index contributed by atoms with van der Waals surface area (Å²) in [6.07, 6.45) is 7.53. The fourth-order valence-corrected chi connectivity index (χ4v) is 3.90. The van der Waals surface area contributed by atoms with Crippen LogP contribution in [0.5, 0.6) is 0 Å². The Hall–Kier alpha value is -2.25. The molecule has 0 bridgehead atoms. The van der Waals surface area contributed by atoms with E-state index in [0.717, 1.165) is 24.9 Å². The van der Waals surface area contributed by atoms with Crippen LogP contribution in [-0.4, -0.2) is 62.6 Å². The molecule has 1 saturated carbocycles. The van der Waals surface area contributed by atoms with Crippen LogP contribution in [0.1, 0.15) is 29.8 Å². The van der Waals surface area contributed by atoms with Crippen molar-refractivity contribution in [3.8, 4) is 5.69 Å². The number of aliphatic hydroxyl groups excluding tert-OH is 1. The smallest absolute Gasteiger partial charge is 0.272 e. The second kappa shape index (κ2) is 6.93. The molecular weight excluding hydrogens is 320 g/mol. The number of hydrogen-bond donors (Lipinski definition) is 1. The van der Waals surface area contributed by atoms with E-state index in [9.17, 15) is 9.90 Å². The van der Waals surface area contributed by atoms with Gasteiger partial charge in [-0.15, -0.1) is 0 Å². The number of carbonyl (C=O) groups excluding carboxylic acids is 1. The molecule has 3 heterocycles. The molecule has 7 heteroatoms. The van der Waals surface area contributed by atoms with Crippen LogP contribution in [0.2, 0.25) is 0 Å². The molecule has 0 spiro atoms. The minimum Gasteiger partial charge on any atom is -0.393 e. The summed E-state index contributed by atoms with van der Waals surface area (Å²) in [7, 11) is 0. The molecule has 3 atom stereocenters. The Morgan fingerprint density at radius 3 is 3.00 bits per heavy atom. The van der Waals surface area contributed by atoms with E-state index in [1.807, 2.05) is 23.2 Å². The number of ether oxygens (including phenoxy) is 1. The summed E-state index contributed by atoms with van der Waals surface area (Å²) < 4.78 is 7.31. The number of aromatic nitrogens is 3. The summed E-state index contributed by atoms with van der Waals surface area (Å²) in [5.41, 5.74) is 1.20. The molecule has 2 aliphatic rings. The molecule has 2 aromatic rings. The predicted octanol–water partition coefficient (Wildman–Crippen LogP) is 1.27. The van der Waals surface area contributed by atoms with E-state index < -0.39 is 0 Å². The molecular formula is C18H22N4O3. The summed E-state index contributed by atoms with van der Waals surface area (Å²) >= 11 is 0. The topological polar surface area (TPSA) is 80.5 Å². The van der Waals surface area contributed by atoms with Gasteiger partial charge in [-0.2, -0.15) is 5.10 Å². The highest BCUT2D eigenvalue weighted by Crippen LogP contribution is 2.32. The first-order valence-electron chi connectivity index (χ1n) is 8.77. The third-order valence-electron chi connectivity index (χ3n) is 5.18. The second-order valence-corrected chi connectivity index (χ2v) is 6.65. The van der Waals surface area contributed by atoms with E-state index in [4.69, 9.17) is 4.74 Å². The normalized spacial score (nSPS) is 26.8. The molecule has 0 aromatic carbocycles. The number of carbonyl (C=O) groups is 1. The van der Waals surface area contributed by atoms with E-state index in [1.165, 1.54) is 0 Å². The van der Waals surface area contributed by atoms with Crippen LogP contribution >= 0.6 is 0 Å². The molecule has 25 heavy (non-hydrogen) atoms. The zero-order valence-corrected chi connectivity index (χ0v) is 14.0. The van der Waals surface area contributed by atoms with E-state index >= 15 is 0 Å². The number of amides is 1. The number of rotatable bonds is 3. The largest absolute Gasteiger partial charge is 0.393 e. The molecule has 4 rings (SSSR count). The summed E-state index contributed by atoms with van der Waals surface area (Å²) in [6.45, 7) is 1.52. The van der Waals surface area contributed by atoms with Gasteiger partial charge in [0.1, 0.15) is 5.69 Å².